The van der Waals surface area contributed by atoms with E-state index in [1.54, 1.807) is 4.52 Å². The summed E-state index contributed by atoms with van der Waals surface area (Å²) in [5, 5.41) is 4.53. The minimum absolute atomic E-state index is 0.851. The van der Waals surface area contributed by atoms with Gasteiger partial charge in [-0.3, -0.25) is 0 Å². The number of rotatable bonds is 1. The molecule has 4 heteroatoms. The summed E-state index contributed by atoms with van der Waals surface area (Å²) in [4.78, 5) is 4.47. The third kappa shape index (κ3) is 1.74. The van der Waals surface area contributed by atoms with E-state index < -0.39 is 0 Å². The molecule has 0 spiro atoms. The average Bonchev–Trinajstić information content (AvgIpc) is 2.68. The second kappa shape index (κ2) is 3.96. The quantitative estimate of drug-likeness (QED) is 0.686. The van der Waals surface area contributed by atoms with Crippen molar-refractivity contribution in [3.05, 3.63) is 52.8 Å². The highest BCUT2D eigenvalue weighted by atomic mass is 79.9. The summed E-state index contributed by atoms with van der Waals surface area (Å²) < 4.78 is 2.73. The van der Waals surface area contributed by atoms with E-state index in [2.05, 4.69) is 26.0 Å². The molecule has 0 atom stereocenters. The Balaban J connectivity index is 2.28. The van der Waals surface area contributed by atoms with Gasteiger partial charge in [0.1, 0.15) is 5.69 Å². The lowest BCUT2D eigenvalue weighted by Crippen LogP contribution is -1.90. The van der Waals surface area contributed by atoms with Gasteiger partial charge in [0.15, 0.2) is 5.65 Å². The Kier molecular flexibility index (Phi) is 2.44. The number of hydrogen-bond acceptors (Lipinski definition) is 2. The van der Waals surface area contributed by atoms with Crippen molar-refractivity contribution in [2.45, 2.75) is 6.92 Å². The van der Waals surface area contributed by atoms with Gasteiger partial charge in [-0.2, -0.15) is 5.10 Å². The van der Waals surface area contributed by atoms with Gasteiger partial charge in [0.05, 0.1) is 4.47 Å². The highest BCUT2D eigenvalue weighted by molar-refractivity contribution is 9.10. The predicted molar refractivity (Wildman–Crippen MR) is 70.9 cm³/mol. The van der Waals surface area contributed by atoms with E-state index in [1.165, 1.54) is 0 Å². The molecule has 0 saturated carbocycles. The molecule has 0 radical (unpaired) electrons. The van der Waals surface area contributed by atoms with Crippen molar-refractivity contribution in [3.8, 4) is 11.3 Å². The van der Waals surface area contributed by atoms with Crippen LogP contribution in [0.3, 0.4) is 0 Å². The Hall–Kier alpha value is -1.68. The maximum absolute atomic E-state index is 4.53. The van der Waals surface area contributed by atoms with Crippen molar-refractivity contribution in [2.24, 2.45) is 0 Å². The number of halogens is 1. The molecule has 2 heterocycles. The van der Waals surface area contributed by atoms with E-state index in [0.717, 1.165) is 27.1 Å². The van der Waals surface area contributed by atoms with Gasteiger partial charge in [-0.15, -0.1) is 0 Å². The lowest BCUT2D eigenvalue weighted by Gasteiger charge is -1.95. The van der Waals surface area contributed by atoms with Crippen molar-refractivity contribution in [3.63, 3.8) is 0 Å². The highest BCUT2D eigenvalue weighted by Gasteiger charge is 2.12. The lowest BCUT2D eigenvalue weighted by molar-refractivity contribution is 0.933. The van der Waals surface area contributed by atoms with Gasteiger partial charge in [0.2, 0.25) is 0 Å². The third-order valence-electron chi connectivity index (χ3n) is 2.62. The van der Waals surface area contributed by atoms with Gasteiger partial charge in [-0.1, -0.05) is 30.3 Å². The van der Waals surface area contributed by atoms with E-state index >= 15 is 0 Å². The monoisotopic (exact) mass is 287 g/mol. The van der Waals surface area contributed by atoms with Crippen molar-refractivity contribution in [2.75, 3.05) is 0 Å². The van der Waals surface area contributed by atoms with Crippen molar-refractivity contribution < 1.29 is 0 Å². The molecule has 0 fully saturated rings. The minimum atomic E-state index is 0.851. The van der Waals surface area contributed by atoms with Crippen LogP contribution in [0.5, 0.6) is 0 Å². The molecule has 3 aromatic rings. The molecule has 84 valence electrons. The molecule has 1 aromatic carbocycles. The second-order valence-corrected chi connectivity index (χ2v) is 4.66. The third-order valence-corrected chi connectivity index (χ3v) is 3.35. The van der Waals surface area contributed by atoms with Crippen LogP contribution in [0.15, 0.2) is 47.1 Å². The number of fused-ring (bicyclic) bond motifs is 1. The molecule has 0 aliphatic carbocycles. The molecule has 3 rings (SSSR count). The summed E-state index contributed by atoms with van der Waals surface area (Å²) >= 11 is 3.58. The number of hydrogen-bond donors (Lipinski definition) is 0. The van der Waals surface area contributed by atoms with E-state index in [4.69, 9.17) is 0 Å². The highest BCUT2D eigenvalue weighted by Crippen LogP contribution is 2.29. The molecule has 0 saturated heterocycles. The fraction of sp³-hybridized carbons (Fsp3) is 0.0769. The molecule has 0 aliphatic heterocycles. The van der Waals surface area contributed by atoms with Crippen LogP contribution >= 0.6 is 15.9 Å². The van der Waals surface area contributed by atoms with Crippen LogP contribution in [-0.4, -0.2) is 14.6 Å². The van der Waals surface area contributed by atoms with Crippen LogP contribution in [0.2, 0.25) is 0 Å². The Bertz CT molecular complexity index is 674. The normalized spacial score (nSPS) is 10.9. The number of aromatic nitrogens is 3. The van der Waals surface area contributed by atoms with E-state index in [1.807, 2.05) is 49.5 Å². The topological polar surface area (TPSA) is 30.2 Å². The molecule has 0 aliphatic rings. The zero-order chi connectivity index (χ0) is 11.8. The number of nitrogens with zero attached hydrogens (tertiary/aromatic N) is 3. The standard InChI is InChI=1S/C13H10BrN3/c1-9-7-8-17-13(15-9)11(14)12(16-17)10-5-3-2-4-6-10/h2-8H,1H3. The first kappa shape index (κ1) is 10.5. The van der Waals surface area contributed by atoms with Gasteiger partial charge in [-0.25, -0.2) is 9.50 Å². The second-order valence-electron chi connectivity index (χ2n) is 3.87. The molecule has 0 amide bonds. The first-order valence-corrected chi connectivity index (χ1v) is 6.12. The van der Waals surface area contributed by atoms with Crippen LogP contribution in [0.25, 0.3) is 16.9 Å². The van der Waals surface area contributed by atoms with Gasteiger partial charge >= 0.3 is 0 Å². The van der Waals surface area contributed by atoms with Crippen LogP contribution in [0.1, 0.15) is 5.69 Å². The Morgan fingerprint density at radius 2 is 1.88 bits per heavy atom. The van der Waals surface area contributed by atoms with Crippen LogP contribution in [0.4, 0.5) is 0 Å². The summed E-state index contributed by atoms with van der Waals surface area (Å²) in [6.45, 7) is 1.97. The van der Waals surface area contributed by atoms with E-state index in [9.17, 15) is 0 Å². The smallest absolute Gasteiger partial charge is 0.170 e. The van der Waals surface area contributed by atoms with E-state index in [0.29, 0.717) is 0 Å². The summed E-state index contributed by atoms with van der Waals surface area (Å²) in [6, 6.07) is 12.0. The van der Waals surface area contributed by atoms with Crippen LogP contribution in [-0.2, 0) is 0 Å². The first-order valence-electron chi connectivity index (χ1n) is 5.32. The van der Waals surface area contributed by atoms with E-state index in [-0.39, 0.29) is 0 Å². The van der Waals surface area contributed by atoms with Crippen LogP contribution in [0, 0.1) is 6.92 Å². The summed E-state index contributed by atoms with van der Waals surface area (Å²) in [5.41, 5.74) is 3.84. The Morgan fingerprint density at radius 1 is 1.12 bits per heavy atom. The van der Waals surface area contributed by atoms with Crippen LogP contribution < -0.4 is 0 Å². The Labute approximate surface area is 107 Å². The predicted octanol–water partition coefficient (Wildman–Crippen LogP) is 3.47. The number of aryl methyl sites for hydroxylation is 1. The van der Waals surface area contributed by atoms with Crippen molar-refractivity contribution >= 4 is 21.6 Å². The summed E-state index contributed by atoms with van der Waals surface area (Å²) in [7, 11) is 0. The minimum Gasteiger partial charge on any atom is -0.233 e. The maximum atomic E-state index is 4.53. The van der Waals surface area contributed by atoms with Gasteiger partial charge < -0.3 is 0 Å². The zero-order valence-corrected chi connectivity index (χ0v) is 10.8. The molecule has 0 bridgehead atoms. The molecule has 17 heavy (non-hydrogen) atoms. The summed E-state index contributed by atoms with van der Waals surface area (Å²) in [6.07, 6.45) is 1.93. The largest absolute Gasteiger partial charge is 0.233 e. The molecule has 2 aromatic heterocycles. The molecular weight excluding hydrogens is 278 g/mol. The van der Waals surface area contributed by atoms with Crippen molar-refractivity contribution in [1.29, 1.82) is 0 Å². The Morgan fingerprint density at radius 3 is 2.65 bits per heavy atom. The van der Waals surface area contributed by atoms with Gasteiger partial charge in [0.25, 0.3) is 0 Å². The molecule has 0 unspecified atom stereocenters. The molecule has 3 nitrogen and oxygen atoms in total. The molecular formula is C13H10BrN3. The fourth-order valence-electron chi connectivity index (χ4n) is 1.77. The van der Waals surface area contributed by atoms with Crippen molar-refractivity contribution in [1.82, 2.24) is 14.6 Å². The number of benzene rings is 1. The maximum Gasteiger partial charge on any atom is 0.170 e. The van der Waals surface area contributed by atoms with Gasteiger partial charge in [0, 0.05) is 17.5 Å². The SMILES string of the molecule is Cc1ccn2nc(-c3ccccc3)c(Br)c2n1. The first-order chi connectivity index (χ1) is 8.25. The molecule has 0 N–H and O–H groups in total. The van der Waals surface area contributed by atoms with Gasteiger partial charge in [-0.05, 0) is 28.9 Å². The average molecular weight is 288 g/mol. The fourth-order valence-corrected chi connectivity index (χ4v) is 2.35. The summed E-state index contributed by atoms with van der Waals surface area (Å²) in [5.74, 6) is 0. The zero-order valence-electron chi connectivity index (χ0n) is 9.26. The lowest BCUT2D eigenvalue weighted by atomic mass is 10.2.